The molecule has 24 heavy (non-hydrogen) atoms. The highest BCUT2D eigenvalue weighted by atomic mass is 35.5. The van der Waals surface area contributed by atoms with Crippen LogP contribution in [0.2, 0.25) is 5.02 Å². The number of aromatic nitrogens is 1. The van der Waals surface area contributed by atoms with Crippen molar-refractivity contribution < 1.29 is 13.7 Å². The predicted molar refractivity (Wildman–Crippen MR) is 91.3 cm³/mol. The molecule has 6 nitrogen and oxygen atoms in total. The van der Waals surface area contributed by atoms with Crippen LogP contribution in [0.4, 0.5) is 16.2 Å². The number of hydrogen-bond acceptors (Lipinski definition) is 4. The SMILES string of the molecule is Cc1ccc(CN(C(=O)Nc2ccc(Cl)cc2)c2cnoc2C)o1. The van der Waals surface area contributed by atoms with Gasteiger partial charge in [-0.3, -0.25) is 4.90 Å². The Morgan fingerprint density at radius 3 is 2.54 bits per heavy atom. The van der Waals surface area contributed by atoms with Crippen LogP contribution in [0.1, 0.15) is 17.3 Å². The van der Waals surface area contributed by atoms with E-state index < -0.39 is 0 Å². The molecule has 0 saturated carbocycles. The van der Waals surface area contributed by atoms with E-state index in [1.165, 1.54) is 11.1 Å². The number of urea groups is 1. The molecule has 1 aromatic carbocycles. The highest BCUT2D eigenvalue weighted by Gasteiger charge is 2.22. The number of furan rings is 1. The summed E-state index contributed by atoms with van der Waals surface area (Å²) in [6.07, 6.45) is 1.51. The van der Waals surface area contributed by atoms with Crippen molar-refractivity contribution in [3.8, 4) is 0 Å². The number of rotatable bonds is 4. The Morgan fingerprint density at radius 2 is 1.96 bits per heavy atom. The van der Waals surface area contributed by atoms with E-state index in [1.54, 1.807) is 31.2 Å². The first kappa shape index (κ1) is 16.1. The van der Waals surface area contributed by atoms with Gasteiger partial charge < -0.3 is 14.3 Å². The number of anilines is 2. The molecule has 0 fully saturated rings. The van der Waals surface area contributed by atoms with E-state index in [2.05, 4.69) is 10.5 Å². The molecule has 2 aromatic heterocycles. The summed E-state index contributed by atoms with van der Waals surface area (Å²) < 4.78 is 10.7. The molecular formula is C17H16ClN3O3. The number of nitrogens with one attached hydrogen (secondary N) is 1. The molecule has 0 aliphatic heterocycles. The van der Waals surface area contributed by atoms with E-state index in [0.29, 0.717) is 27.9 Å². The van der Waals surface area contributed by atoms with Crippen LogP contribution in [0.3, 0.4) is 0 Å². The van der Waals surface area contributed by atoms with E-state index in [0.717, 1.165) is 5.76 Å². The lowest BCUT2D eigenvalue weighted by molar-refractivity contribution is 0.256. The van der Waals surface area contributed by atoms with E-state index in [9.17, 15) is 4.79 Å². The highest BCUT2D eigenvalue weighted by Crippen LogP contribution is 2.24. The lowest BCUT2D eigenvalue weighted by Crippen LogP contribution is -2.34. The molecule has 0 atom stereocenters. The molecule has 0 spiro atoms. The van der Waals surface area contributed by atoms with Gasteiger partial charge in [-0.05, 0) is 50.2 Å². The maximum atomic E-state index is 12.7. The van der Waals surface area contributed by atoms with E-state index >= 15 is 0 Å². The standard InChI is InChI=1S/C17H16ClN3O3/c1-11-3-8-15(23-11)10-21(16-9-19-24-12(16)2)17(22)20-14-6-4-13(18)5-7-14/h3-9H,10H2,1-2H3,(H,20,22). The maximum absolute atomic E-state index is 12.7. The molecule has 2 heterocycles. The van der Waals surface area contributed by atoms with Crippen LogP contribution >= 0.6 is 11.6 Å². The van der Waals surface area contributed by atoms with Crippen molar-refractivity contribution in [1.82, 2.24) is 5.16 Å². The number of carbonyl (C=O) groups excluding carboxylic acids is 1. The zero-order valence-electron chi connectivity index (χ0n) is 13.2. The van der Waals surface area contributed by atoms with Gasteiger partial charge in [-0.25, -0.2) is 4.79 Å². The number of carbonyl (C=O) groups is 1. The molecule has 7 heteroatoms. The van der Waals surface area contributed by atoms with Crippen molar-refractivity contribution in [2.75, 3.05) is 10.2 Å². The van der Waals surface area contributed by atoms with Crippen LogP contribution in [0.15, 0.2) is 51.5 Å². The second-order valence-corrected chi connectivity index (χ2v) is 5.74. The molecule has 124 valence electrons. The van der Waals surface area contributed by atoms with Gasteiger partial charge in [0, 0.05) is 10.7 Å². The molecule has 0 aliphatic rings. The Hall–Kier alpha value is -2.73. The third-order valence-corrected chi connectivity index (χ3v) is 3.72. The minimum atomic E-state index is -0.322. The third kappa shape index (κ3) is 3.60. The van der Waals surface area contributed by atoms with Gasteiger partial charge >= 0.3 is 6.03 Å². The first-order valence-electron chi connectivity index (χ1n) is 7.33. The number of aryl methyl sites for hydroxylation is 2. The van der Waals surface area contributed by atoms with Crippen molar-refractivity contribution in [3.05, 3.63) is 64.9 Å². The predicted octanol–water partition coefficient (Wildman–Crippen LogP) is 4.78. The number of halogens is 1. The summed E-state index contributed by atoms with van der Waals surface area (Å²) in [5.74, 6) is 1.99. The largest absolute Gasteiger partial charge is 0.464 e. The molecular weight excluding hydrogens is 330 g/mol. The van der Waals surface area contributed by atoms with Gasteiger partial charge in [0.25, 0.3) is 0 Å². The van der Waals surface area contributed by atoms with Crippen LogP contribution in [0.5, 0.6) is 0 Å². The fourth-order valence-electron chi connectivity index (χ4n) is 2.27. The molecule has 0 unspecified atom stereocenters. The van der Waals surface area contributed by atoms with Gasteiger partial charge in [0.15, 0.2) is 5.76 Å². The van der Waals surface area contributed by atoms with E-state index in [4.69, 9.17) is 20.5 Å². The van der Waals surface area contributed by atoms with Crippen LogP contribution in [-0.4, -0.2) is 11.2 Å². The van der Waals surface area contributed by atoms with Gasteiger partial charge in [0.1, 0.15) is 17.2 Å². The number of hydrogen-bond donors (Lipinski definition) is 1. The Bertz CT molecular complexity index is 839. The Morgan fingerprint density at radius 1 is 1.21 bits per heavy atom. The molecule has 0 radical (unpaired) electrons. The fraction of sp³-hybridized carbons (Fsp3) is 0.176. The summed E-state index contributed by atoms with van der Waals surface area (Å²) in [4.78, 5) is 14.2. The quantitative estimate of drug-likeness (QED) is 0.738. The molecule has 3 aromatic rings. The monoisotopic (exact) mass is 345 g/mol. The molecule has 3 rings (SSSR count). The molecule has 2 amide bonds. The fourth-order valence-corrected chi connectivity index (χ4v) is 2.40. The summed E-state index contributed by atoms with van der Waals surface area (Å²) in [6.45, 7) is 3.86. The average molecular weight is 346 g/mol. The second-order valence-electron chi connectivity index (χ2n) is 5.30. The molecule has 1 N–H and O–H groups in total. The van der Waals surface area contributed by atoms with Gasteiger partial charge in [-0.2, -0.15) is 0 Å². The number of nitrogens with zero attached hydrogens (tertiary/aromatic N) is 2. The number of amides is 2. The Labute approximate surface area is 144 Å². The minimum Gasteiger partial charge on any atom is -0.464 e. The van der Waals surface area contributed by atoms with Crippen LogP contribution < -0.4 is 10.2 Å². The smallest absolute Gasteiger partial charge is 0.326 e. The molecule has 0 aliphatic carbocycles. The molecule has 0 saturated heterocycles. The first-order valence-corrected chi connectivity index (χ1v) is 7.71. The minimum absolute atomic E-state index is 0.259. The lowest BCUT2D eigenvalue weighted by atomic mass is 10.3. The van der Waals surface area contributed by atoms with Gasteiger partial charge in [0.2, 0.25) is 0 Å². The van der Waals surface area contributed by atoms with E-state index in [1.807, 2.05) is 19.1 Å². The van der Waals surface area contributed by atoms with Crippen molar-refractivity contribution in [3.63, 3.8) is 0 Å². The Balaban J connectivity index is 1.84. The van der Waals surface area contributed by atoms with Crippen molar-refractivity contribution >= 4 is 29.0 Å². The number of benzene rings is 1. The van der Waals surface area contributed by atoms with Gasteiger partial charge in [-0.1, -0.05) is 16.8 Å². The topological polar surface area (TPSA) is 71.5 Å². The highest BCUT2D eigenvalue weighted by molar-refractivity contribution is 6.30. The summed E-state index contributed by atoms with van der Waals surface area (Å²) in [6, 6.07) is 10.2. The average Bonchev–Trinajstić information content (AvgIpc) is 3.15. The third-order valence-electron chi connectivity index (χ3n) is 3.47. The van der Waals surface area contributed by atoms with Crippen LogP contribution in [0.25, 0.3) is 0 Å². The van der Waals surface area contributed by atoms with Gasteiger partial charge in [-0.15, -0.1) is 0 Å². The second kappa shape index (κ2) is 6.80. The van der Waals surface area contributed by atoms with Crippen molar-refractivity contribution in [1.29, 1.82) is 0 Å². The summed E-state index contributed by atoms with van der Waals surface area (Å²) in [7, 11) is 0. The van der Waals surface area contributed by atoms with Crippen LogP contribution in [0, 0.1) is 13.8 Å². The zero-order chi connectivity index (χ0) is 17.1. The molecule has 0 bridgehead atoms. The maximum Gasteiger partial charge on any atom is 0.326 e. The summed E-state index contributed by atoms with van der Waals surface area (Å²) in [5.41, 5.74) is 1.22. The zero-order valence-corrected chi connectivity index (χ0v) is 14.0. The lowest BCUT2D eigenvalue weighted by Gasteiger charge is -2.21. The van der Waals surface area contributed by atoms with Crippen molar-refractivity contribution in [2.24, 2.45) is 0 Å². The van der Waals surface area contributed by atoms with Crippen molar-refractivity contribution in [2.45, 2.75) is 20.4 Å². The van der Waals surface area contributed by atoms with E-state index in [-0.39, 0.29) is 12.6 Å². The van der Waals surface area contributed by atoms with Crippen LogP contribution in [-0.2, 0) is 6.54 Å². The first-order chi connectivity index (χ1) is 11.5. The van der Waals surface area contributed by atoms with Gasteiger partial charge in [0.05, 0.1) is 12.7 Å². The normalized spacial score (nSPS) is 10.6. The summed E-state index contributed by atoms with van der Waals surface area (Å²) in [5, 5.41) is 7.18. The summed E-state index contributed by atoms with van der Waals surface area (Å²) >= 11 is 5.87. The Kier molecular flexibility index (Phi) is 4.57.